The molecule has 0 saturated carbocycles. The van der Waals surface area contributed by atoms with Crippen LogP contribution in [0.2, 0.25) is 5.02 Å². The van der Waals surface area contributed by atoms with Crippen LogP contribution in [0.5, 0.6) is 0 Å². The second-order valence-corrected chi connectivity index (χ2v) is 4.73. The van der Waals surface area contributed by atoms with Gasteiger partial charge in [0.1, 0.15) is 0 Å². The molecule has 0 aliphatic heterocycles. The predicted octanol–water partition coefficient (Wildman–Crippen LogP) is 2.84. The van der Waals surface area contributed by atoms with Crippen molar-refractivity contribution in [2.45, 2.75) is 26.2 Å². The lowest BCUT2D eigenvalue weighted by Crippen LogP contribution is -2.30. The third-order valence-electron chi connectivity index (χ3n) is 3.01. The van der Waals surface area contributed by atoms with Gasteiger partial charge in [0.2, 0.25) is 5.91 Å². The van der Waals surface area contributed by atoms with E-state index in [0.29, 0.717) is 5.02 Å². The third-order valence-corrected chi connectivity index (χ3v) is 3.26. The first-order valence-corrected chi connectivity index (χ1v) is 6.93. The van der Waals surface area contributed by atoms with Gasteiger partial charge in [-0.05, 0) is 36.6 Å². The Morgan fingerprint density at radius 2 is 2.10 bits per heavy atom. The van der Waals surface area contributed by atoms with Crippen LogP contribution in [0.1, 0.15) is 31.7 Å². The summed E-state index contributed by atoms with van der Waals surface area (Å²) in [6.45, 7) is 4.18. The van der Waals surface area contributed by atoms with Crippen LogP contribution < -0.4 is 11.2 Å². The van der Waals surface area contributed by atoms with Gasteiger partial charge in [-0.2, -0.15) is 5.10 Å². The number of nitrogens with one attached hydrogen (secondary N) is 1. The number of benzene rings is 1. The molecule has 4 nitrogen and oxygen atoms in total. The lowest BCUT2D eigenvalue weighted by Gasteiger charge is -2.13. The number of hydrogen-bond donors (Lipinski definition) is 2. The number of hydrogen-bond acceptors (Lipinski definition) is 3. The summed E-state index contributed by atoms with van der Waals surface area (Å²) >= 11 is 5.83. The quantitative estimate of drug-likeness (QED) is 0.625. The molecular weight excluding hydrogens is 274 g/mol. The number of halogens is 1. The summed E-state index contributed by atoms with van der Waals surface area (Å²) in [6.07, 6.45) is 4.47. The average molecular weight is 294 g/mol. The van der Waals surface area contributed by atoms with E-state index in [2.05, 4.69) is 10.5 Å². The lowest BCUT2D eigenvalue weighted by atomic mass is 9.99. The summed E-state index contributed by atoms with van der Waals surface area (Å²) in [7, 11) is 0. The van der Waals surface area contributed by atoms with Gasteiger partial charge in [0, 0.05) is 11.6 Å². The van der Waals surface area contributed by atoms with E-state index in [1.54, 1.807) is 30.5 Å². The lowest BCUT2D eigenvalue weighted by molar-refractivity contribution is -0.122. The van der Waals surface area contributed by atoms with Gasteiger partial charge in [-0.1, -0.05) is 36.7 Å². The van der Waals surface area contributed by atoms with Crippen molar-refractivity contribution in [3.8, 4) is 0 Å². The van der Waals surface area contributed by atoms with Crippen molar-refractivity contribution in [1.82, 2.24) is 5.43 Å². The van der Waals surface area contributed by atoms with E-state index < -0.39 is 5.92 Å². The first kappa shape index (κ1) is 16.4. The predicted molar refractivity (Wildman–Crippen MR) is 83.9 cm³/mol. The van der Waals surface area contributed by atoms with Gasteiger partial charge in [-0.3, -0.25) is 4.79 Å². The molecule has 0 radical (unpaired) electrons. The summed E-state index contributed by atoms with van der Waals surface area (Å²) in [6, 6.07) is 7.08. The third kappa shape index (κ3) is 4.79. The maximum atomic E-state index is 12.1. The molecular formula is C15H20ClN3O. The van der Waals surface area contributed by atoms with Crippen molar-refractivity contribution < 1.29 is 4.79 Å². The number of carbonyl (C=O) groups is 1. The average Bonchev–Trinajstić information content (AvgIpc) is 2.46. The molecule has 0 aliphatic rings. The number of allylic oxidation sites excluding steroid dienone is 2. The molecule has 1 atom stereocenters. The molecule has 0 bridgehead atoms. The van der Waals surface area contributed by atoms with Crippen LogP contribution in [-0.4, -0.2) is 18.7 Å². The van der Waals surface area contributed by atoms with E-state index in [4.69, 9.17) is 17.3 Å². The van der Waals surface area contributed by atoms with Gasteiger partial charge in [0.25, 0.3) is 0 Å². The summed E-state index contributed by atoms with van der Waals surface area (Å²) in [4.78, 5) is 12.1. The topological polar surface area (TPSA) is 67.5 Å². The molecule has 1 amide bonds. The molecule has 0 spiro atoms. The first-order chi connectivity index (χ1) is 9.62. The minimum absolute atomic E-state index is 0.216. The summed E-state index contributed by atoms with van der Waals surface area (Å²) in [5.41, 5.74) is 10.1. The molecule has 20 heavy (non-hydrogen) atoms. The minimum atomic E-state index is -0.430. The summed E-state index contributed by atoms with van der Waals surface area (Å²) < 4.78 is 0. The van der Waals surface area contributed by atoms with Gasteiger partial charge < -0.3 is 5.73 Å². The van der Waals surface area contributed by atoms with Crippen molar-refractivity contribution in [2.24, 2.45) is 10.8 Å². The molecule has 0 aliphatic carbocycles. The molecule has 0 fully saturated rings. The summed E-state index contributed by atoms with van der Waals surface area (Å²) in [5.74, 6) is -0.655. The van der Waals surface area contributed by atoms with Gasteiger partial charge in [-0.25, -0.2) is 5.43 Å². The van der Waals surface area contributed by atoms with Crippen molar-refractivity contribution >= 4 is 23.7 Å². The highest BCUT2D eigenvalue weighted by molar-refractivity contribution is 6.30. The van der Waals surface area contributed by atoms with Crippen molar-refractivity contribution in [3.63, 3.8) is 0 Å². The normalized spacial score (nSPS) is 13.5. The number of hydrazone groups is 1. The highest BCUT2D eigenvalue weighted by Gasteiger charge is 2.18. The molecule has 1 aromatic carbocycles. The molecule has 1 aromatic rings. The smallest absolute Gasteiger partial charge is 0.248 e. The molecule has 0 aromatic heterocycles. The zero-order chi connectivity index (χ0) is 15.0. The zero-order valence-corrected chi connectivity index (χ0v) is 12.5. The molecule has 0 saturated heterocycles. The zero-order valence-electron chi connectivity index (χ0n) is 11.8. The molecule has 108 valence electrons. The van der Waals surface area contributed by atoms with Crippen molar-refractivity contribution in [3.05, 3.63) is 46.5 Å². The Hall–Kier alpha value is -1.65. The van der Waals surface area contributed by atoms with Gasteiger partial charge in [0.15, 0.2) is 0 Å². The van der Waals surface area contributed by atoms with Crippen LogP contribution in [0.4, 0.5) is 0 Å². The number of carbonyl (C=O) groups excluding carboxylic acids is 1. The van der Waals surface area contributed by atoms with E-state index in [9.17, 15) is 4.79 Å². The van der Waals surface area contributed by atoms with Crippen molar-refractivity contribution in [1.29, 1.82) is 0 Å². The molecule has 3 N–H and O–H groups in total. The number of rotatable bonds is 6. The Morgan fingerprint density at radius 1 is 1.45 bits per heavy atom. The Bertz CT molecular complexity index is 494. The number of nitrogens with zero attached hydrogens (tertiary/aromatic N) is 1. The van der Waals surface area contributed by atoms with Gasteiger partial charge >= 0.3 is 0 Å². The van der Waals surface area contributed by atoms with Crippen molar-refractivity contribution in [2.75, 3.05) is 6.54 Å². The van der Waals surface area contributed by atoms with Crippen LogP contribution >= 0.6 is 11.6 Å². The van der Waals surface area contributed by atoms with Crippen LogP contribution in [0.15, 0.2) is 41.0 Å². The Morgan fingerprint density at radius 3 is 2.60 bits per heavy atom. The highest BCUT2D eigenvalue weighted by Crippen LogP contribution is 2.17. The number of nitrogens with two attached hydrogens (primary N) is 1. The largest absolute Gasteiger partial charge is 0.329 e. The Labute approximate surface area is 124 Å². The Kier molecular flexibility index (Phi) is 6.98. The van der Waals surface area contributed by atoms with E-state index in [-0.39, 0.29) is 12.5 Å². The summed E-state index contributed by atoms with van der Waals surface area (Å²) in [5, 5.41) is 4.58. The monoisotopic (exact) mass is 293 g/mol. The number of amides is 1. The standard InChI is InChI=1S/C15H20ClN3O/c1-3-11(4-2)10-18-19-15(20)14(9-17)12-5-7-13(16)8-6-12/h3,5-8,10,14H,4,9,17H2,1-2H3,(H,19,20)/b11-3+,18-10-/t14-/m1/s1. The molecule has 0 unspecified atom stereocenters. The van der Waals surface area contributed by atoms with E-state index >= 15 is 0 Å². The fourth-order valence-corrected chi connectivity index (χ4v) is 1.84. The van der Waals surface area contributed by atoms with Crippen LogP contribution in [0.3, 0.4) is 0 Å². The van der Waals surface area contributed by atoms with Gasteiger partial charge in [0.05, 0.1) is 12.1 Å². The van der Waals surface area contributed by atoms with E-state index in [1.165, 1.54) is 0 Å². The molecule has 1 rings (SSSR count). The Balaban J connectivity index is 2.71. The SMILES string of the molecule is C/C=C(/C=N\NC(=O)[C@H](CN)c1ccc(Cl)cc1)CC. The maximum Gasteiger partial charge on any atom is 0.248 e. The second kappa shape index (κ2) is 8.51. The maximum absolute atomic E-state index is 12.1. The highest BCUT2D eigenvalue weighted by atomic mass is 35.5. The van der Waals surface area contributed by atoms with Crippen LogP contribution in [0, 0.1) is 0 Å². The van der Waals surface area contributed by atoms with Gasteiger partial charge in [-0.15, -0.1) is 0 Å². The van der Waals surface area contributed by atoms with E-state index in [0.717, 1.165) is 17.6 Å². The first-order valence-electron chi connectivity index (χ1n) is 6.56. The van der Waals surface area contributed by atoms with Crippen LogP contribution in [0.25, 0.3) is 0 Å². The minimum Gasteiger partial charge on any atom is -0.329 e. The molecule has 5 heteroatoms. The second-order valence-electron chi connectivity index (χ2n) is 4.29. The van der Waals surface area contributed by atoms with E-state index in [1.807, 2.05) is 19.9 Å². The fourth-order valence-electron chi connectivity index (χ4n) is 1.72. The van der Waals surface area contributed by atoms with Crippen LogP contribution in [-0.2, 0) is 4.79 Å². The fraction of sp³-hybridized carbons (Fsp3) is 0.333. The molecule has 0 heterocycles.